The SMILES string of the molecule is C[C@@H]1C(=O)C(C#N)=C[C@]2(c3ccccc3)c3nc(-c4c(F)cccc4F)ncc3CC[C@@H]12. The molecule has 0 spiro atoms. The summed E-state index contributed by atoms with van der Waals surface area (Å²) in [5.41, 5.74) is 1.26. The number of hydrogen-bond acceptors (Lipinski definition) is 4. The number of ketones is 1. The lowest BCUT2D eigenvalue weighted by Gasteiger charge is -2.47. The van der Waals surface area contributed by atoms with Crippen LogP contribution < -0.4 is 0 Å². The van der Waals surface area contributed by atoms with Crippen molar-refractivity contribution in [2.45, 2.75) is 25.2 Å². The predicted molar refractivity (Wildman–Crippen MR) is 114 cm³/mol. The minimum absolute atomic E-state index is 0.0493. The van der Waals surface area contributed by atoms with Crippen LogP contribution in [0.1, 0.15) is 30.2 Å². The van der Waals surface area contributed by atoms with Gasteiger partial charge in [-0.15, -0.1) is 0 Å². The van der Waals surface area contributed by atoms with Crippen LogP contribution in [0, 0.1) is 34.8 Å². The van der Waals surface area contributed by atoms with Gasteiger partial charge >= 0.3 is 0 Å². The molecule has 5 rings (SSSR count). The molecule has 1 heterocycles. The molecule has 0 radical (unpaired) electrons. The second-order valence-corrected chi connectivity index (χ2v) is 8.37. The van der Waals surface area contributed by atoms with Crippen LogP contribution in [0.5, 0.6) is 0 Å². The first-order valence-electron chi connectivity index (χ1n) is 10.5. The number of fused-ring (bicyclic) bond motifs is 3. The van der Waals surface area contributed by atoms with E-state index in [0.717, 1.165) is 11.1 Å². The maximum atomic E-state index is 14.5. The van der Waals surface area contributed by atoms with Crippen molar-refractivity contribution in [3.05, 3.63) is 94.8 Å². The summed E-state index contributed by atoms with van der Waals surface area (Å²) in [6, 6.07) is 15.3. The molecule has 32 heavy (non-hydrogen) atoms. The van der Waals surface area contributed by atoms with Gasteiger partial charge in [0.15, 0.2) is 11.6 Å². The van der Waals surface area contributed by atoms with Crippen molar-refractivity contribution < 1.29 is 13.6 Å². The Morgan fingerprint density at radius 1 is 1.09 bits per heavy atom. The third-order valence-electron chi connectivity index (χ3n) is 6.78. The van der Waals surface area contributed by atoms with Gasteiger partial charge in [0.1, 0.15) is 17.7 Å². The highest BCUT2D eigenvalue weighted by Crippen LogP contribution is 2.53. The molecule has 0 saturated heterocycles. The molecule has 0 fully saturated rings. The third kappa shape index (κ3) is 2.81. The van der Waals surface area contributed by atoms with E-state index in [1.54, 1.807) is 12.3 Å². The van der Waals surface area contributed by atoms with Crippen LogP contribution >= 0.6 is 0 Å². The Morgan fingerprint density at radius 3 is 2.50 bits per heavy atom. The van der Waals surface area contributed by atoms with E-state index in [9.17, 15) is 18.8 Å². The van der Waals surface area contributed by atoms with Gasteiger partial charge in [0.2, 0.25) is 0 Å². The number of rotatable bonds is 2. The van der Waals surface area contributed by atoms with Crippen molar-refractivity contribution in [2.75, 3.05) is 0 Å². The zero-order valence-electron chi connectivity index (χ0n) is 17.3. The van der Waals surface area contributed by atoms with E-state index in [1.165, 1.54) is 18.2 Å². The molecule has 0 bridgehead atoms. The fourth-order valence-corrected chi connectivity index (χ4v) is 5.28. The highest BCUT2D eigenvalue weighted by atomic mass is 19.1. The molecule has 2 aromatic carbocycles. The molecule has 1 aromatic heterocycles. The highest BCUT2D eigenvalue weighted by Gasteiger charge is 2.52. The number of Topliss-reactive ketones (excluding diaryl/α,β-unsaturated/α-hetero) is 1. The molecule has 2 aliphatic carbocycles. The van der Waals surface area contributed by atoms with Crippen LogP contribution in [0.15, 0.2) is 66.4 Å². The largest absolute Gasteiger partial charge is 0.293 e. The van der Waals surface area contributed by atoms with Crippen LogP contribution in [0.25, 0.3) is 11.4 Å². The quantitative estimate of drug-likeness (QED) is 0.581. The lowest BCUT2D eigenvalue weighted by Crippen LogP contribution is -2.48. The molecule has 0 amide bonds. The fraction of sp³-hybridized carbons (Fsp3) is 0.231. The normalized spacial score (nSPS) is 24.2. The first kappa shape index (κ1) is 20.2. The van der Waals surface area contributed by atoms with Gasteiger partial charge in [-0.2, -0.15) is 5.26 Å². The van der Waals surface area contributed by atoms with Crippen molar-refractivity contribution in [3.8, 4) is 17.5 Å². The summed E-state index contributed by atoms with van der Waals surface area (Å²) in [5, 5.41) is 9.71. The Balaban J connectivity index is 1.85. The lowest BCUT2D eigenvalue weighted by molar-refractivity contribution is -0.121. The third-order valence-corrected chi connectivity index (χ3v) is 6.78. The molecule has 158 valence electrons. The van der Waals surface area contributed by atoms with Gasteiger partial charge in [0.25, 0.3) is 0 Å². The van der Waals surface area contributed by atoms with Gasteiger partial charge in [-0.3, -0.25) is 4.79 Å². The summed E-state index contributed by atoms with van der Waals surface area (Å²) < 4.78 is 29.1. The molecule has 0 N–H and O–H groups in total. The van der Waals surface area contributed by atoms with Gasteiger partial charge in [0, 0.05) is 12.1 Å². The predicted octanol–water partition coefficient (Wildman–Crippen LogP) is 4.94. The Labute approximate surface area is 184 Å². The number of allylic oxidation sites excluding steroid dienone is 2. The average molecular weight is 427 g/mol. The number of aryl methyl sites for hydroxylation is 1. The monoisotopic (exact) mass is 427 g/mol. The molecule has 3 aromatic rings. The second-order valence-electron chi connectivity index (χ2n) is 8.37. The van der Waals surface area contributed by atoms with E-state index >= 15 is 0 Å². The Bertz CT molecular complexity index is 1290. The van der Waals surface area contributed by atoms with Crippen molar-refractivity contribution in [3.63, 3.8) is 0 Å². The van der Waals surface area contributed by atoms with Gasteiger partial charge in [0.05, 0.1) is 22.2 Å². The maximum Gasteiger partial charge on any atom is 0.176 e. The average Bonchev–Trinajstić information content (AvgIpc) is 2.81. The summed E-state index contributed by atoms with van der Waals surface area (Å²) in [6.45, 7) is 1.85. The van der Waals surface area contributed by atoms with E-state index in [-0.39, 0.29) is 28.7 Å². The zero-order valence-corrected chi connectivity index (χ0v) is 17.3. The number of halogens is 2. The van der Waals surface area contributed by atoms with E-state index < -0.39 is 23.0 Å². The number of nitrogens with zero attached hydrogens (tertiary/aromatic N) is 3. The molecule has 0 unspecified atom stereocenters. The molecule has 2 aliphatic rings. The van der Waals surface area contributed by atoms with Crippen molar-refractivity contribution in [1.82, 2.24) is 9.97 Å². The van der Waals surface area contributed by atoms with Crippen LogP contribution in [0.4, 0.5) is 8.78 Å². The summed E-state index contributed by atoms with van der Waals surface area (Å²) >= 11 is 0. The minimum Gasteiger partial charge on any atom is -0.293 e. The molecule has 4 nitrogen and oxygen atoms in total. The highest BCUT2D eigenvalue weighted by molar-refractivity contribution is 6.02. The summed E-state index contributed by atoms with van der Waals surface area (Å²) in [7, 11) is 0. The minimum atomic E-state index is -0.868. The number of benzene rings is 2. The van der Waals surface area contributed by atoms with Crippen LogP contribution in [0.3, 0.4) is 0 Å². The summed E-state index contributed by atoms with van der Waals surface area (Å²) in [6.07, 6.45) is 4.68. The first-order chi connectivity index (χ1) is 15.5. The summed E-state index contributed by atoms with van der Waals surface area (Å²) in [4.78, 5) is 21.8. The second kappa shape index (κ2) is 7.45. The number of aromatic nitrogens is 2. The van der Waals surface area contributed by atoms with Gasteiger partial charge in [-0.25, -0.2) is 18.7 Å². The molecule has 6 heteroatoms. The van der Waals surface area contributed by atoms with Crippen LogP contribution in [-0.4, -0.2) is 15.8 Å². The van der Waals surface area contributed by atoms with Crippen molar-refractivity contribution in [2.24, 2.45) is 11.8 Å². The van der Waals surface area contributed by atoms with E-state index in [1.807, 2.05) is 37.3 Å². The van der Waals surface area contributed by atoms with Crippen LogP contribution in [-0.2, 0) is 16.6 Å². The smallest absolute Gasteiger partial charge is 0.176 e. The standard InChI is InChI=1S/C26H19F2N3O/c1-15-19-11-10-16-14-30-25(22-20(27)8-5-9-21(22)28)31-24(16)26(19,12-17(13-29)23(15)32)18-6-3-2-4-7-18/h2-9,12,14-15,19H,10-11H2,1H3/t15-,19-,26+/m0/s1. The Hall–Kier alpha value is -3.72. The molecule has 0 saturated carbocycles. The summed E-state index contributed by atoms with van der Waals surface area (Å²) in [5.74, 6) is -2.26. The van der Waals surface area contributed by atoms with Crippen molar-refractivity contribution >= 4 is 5.78 Å². The van der Waals surface area contributed by atoms with E-state index in [2.05, 4.69) is 11.1 Å². The zero-order chi connectivity index (χ0) is 22.5. The van der Waals surface area contributed by atoms with Gasteiger partial charge in [-0.05, 0) is 48.1 Å². The van der Waals surface area contributed by atoms with Gasteiger partial charge < -0.3 is 0 Å². The number of carbonyl (C=O) groups excluding carboxylic acids is 1. The molecular formula is C26H19F2N3O. The fourth-order valence-electron chi connectivity index (χ4n) is 5.28. The topological polar surface area (TPSA) is 66.6 Å². The maximum absolute atomic E-state index is 14.5. The van der Waals surface area contributed by atoms with Crippen molar-refractivity contribution in [1.29, 1.82) is 5.26 Å². The molecular weight excluding hydrogens is 408 g/mol. The number of carbonyl (C=O) groups is 1. The van der Waals surface area contributed by atoms with E-state index in [4.69, 9.17) is 4.98 Å². The molecule has 3 atom stereocenters. The van der Waals surface area contributed by atoms with Crippen LogP contribution in [0.2, 0.25) is 0 Å². The number of hydrogen-bond donors (Lipinski definition) is 0. The Morgan fingerprint density at radius 2 is 1.81 bits per heavy atom. The van der Waals surface area contributed by atoms with E-state index in [0.29, 0.717) is 18.5 Å². The van der Waals surface area contributed by atoms with Gasteiger partial charge in [-0.1, -0.05) is 43.3 Å². The number of nitriles is 1. The lowest BCUT2D eigenvalue weighted by atomic mass is 9.54. The molecule has 0 aliphatic heterocycles. The Kier molecular flexibility index (Phi) is 4.70. The first-order valence-corrected chi connectivity index (χ1v) is 10.5.